The van der Waals surface area contributed by atoms with Gasteiger partial charge in [0, 0.05) is 27.9 Å². The average molecular weight is 275 g/mol. The highest BCUT2D eigenvalue weighted by molar-refractivity contribution is 7.12. The molecule has 2 N–H and O–H groups in total. The molecule has 2 aromatic rings. The van der Waals surface area contributed by atoms with Crippen LogP contribution in [0.2, 0.25) is 0 Å². The van der Waals surface area contributed by atoms with Gasteiger partial charge in [-0.2, -0.15) is 0 Å². The van der Waals surface area contributed by atoms with Crippen molar-refractivity contribution < 1.29 is 5.11 Å². The average Bonchev–Trinajstić information content (AvgIpc) is 2.69. The summed E-state index contributed by atoms with van der Waals surface area (Å²) in [5, 5.41) is 13.4. The smallest absolute Gasteiger partial charge is 0.120 e. The number of rotatable bonds is 4. The number of hydrogen-bond donors (Lipinski definition) is 2. The predicted molar refractivity (Wildman–Crippen MR) is 81.9 cm³/mol. The molecule has 2 nitrogen and oxygen atoms in total. The predicted octanol–water partition coefficient (Wildman–Crippen LogP) is 4.23. The largest absolute Gasteiger partial charge is 0.508 e. The second-order valence-electron chi connectivity index (χ2n) is 5.12. The summed E-state index contributed by atoms with van der Waals surface area (Å²) < 4.78 is 0. The van der Waals surface area contributed by atoms with Gasteiger partial charge in [0.1, 0.15) is 5.75 Å². The Morgan fingerprint density at radius 1 is 1.21 bits per heavy atom. The fourth-order valence-corrected chi connectivity index (χ4v) is 3.13. The molecule has 0 aliphatic carbocycles. The van der Waals surface area contributed by atoms with Gasteiger partial charge in [-0.25, -0.2) is 0 Å². The van der Waals surface area contributed by atoms with Crippen LogP contribution in [0.25, 0.3) is 0 Å². The summed E-state index contributed by atoms with van der Waals surface area (Å²) >= 11 is 1.83. The molecular weight excluding hydrogens is 254 g/mol. The molecule has 2 rings (SSSR count). The summed E-state index contributed by atoms with van der Waals surface area (Å²) in [4.78, 5) is 2.72. The quantitative estimate of drug-likeness (QED) is 0.875. The minimum Gasteiger partial charge on any atom is -0.508 e. The lowest BCUT2D eigenvalue weighted by Gasteiger charge is -2.15. The monoisotopic (exact) mass is 275 g/mol. The number of phenols is 1. The molecule has 0 amide bonds. The highest BCUT2D eigenvalue weighted by Crippen LogP contribution is 2.26. The van der Waals surface area contributed by atoms with Gasteiger partial charge in [-0.1, -0.05) is 17.7 Å². The van der Waals surface area contributed by atoms with Crippen LogP contribution in [0.1, 0.15) is 39.4 Å². The standard InChI is InChI=1S/C16H21NOS/c1-10-5-6-16(18)15(7-10)12(3)17-9-14-8-11(2)13(4)19-14/h5-8,12,17-18H,9H2,1-4H3. The molecule has 0 radical (unpaired) electrons. The minimum absolute atomic E-state index is 0.141. The maximum Gasteiger partial charge on any atom is 0.120 e. The zero-order chi connectivity index (χ0) is 14.0. The molecule has 102 valence electrons. The molecule has 1 aromatic carbocycles. The molecule has 0 bridgehead atoms. The van der Waals surface area contributed by atoms with E-state index < -0.39 is 0 Å². The van der Waals surface area contributed by atoms with Crippen molar-refractivity contribution in [2.45, 2.75) is 40.3 Å². The van der Waals surface area contributed by atoms with Gasteiger partial charge in [-0.3, -0.25) is 0 Å². The molecule has 0 spiro atoms. The van der Waals surface area contributed by atoms with Crippen LogP contribution in [0, 0.1) is 20.8 Å². The molecule has 0 aliphatic rings. The van der Waals surface area contributed by atoms with Crippen molar-refractivity contribution in [2.75, 3.05) is 0 Å². The number of nitrogens with one attached hydrogen (secondary N) is 1. The summed E-state index contributed by atoms with van der Waals surface area (Å²) in [5.74, 6) is 0.365. The number of aryl methyl sites for hydroxylation is 3. The number of hydrogen-bond acceptors (Lipinski definition) is 3. The van der Waals surface area contributed by atoms with E-state index in [4.69, 9.17) is 0 Å². The van der Waals surface area contributed by atoms with E-state index in [-0.39, 0.29) is 6.04 Å². The number of aromatic hydroxyl groups is 1. The van der Waals surface area contributed by atoms with E-state index in [1.807, 2.05) is 30.4 Å². The van der Waals surface area contributed by atoms with E-state index in [1.165, 1.54) is 20.9 Å². The van der Waals surface area contributed by atoms with Crippen molar-refractivity contribution in [3.63, 3.8) is 0 Å². The molecule has 0 aliphatic heterocycles. The number of thiophene rings is 1. The van der Waals surface area contributed by atoms with Crippen molar-refractivity contribution in [1.82, 2.24) is 5.32 Å². The van der Waals surface area contributed by atoms with Gasteiger partial charge in [-0.15, -0.1) is 11.3 Å². The van der Waals surface area contributed by atoms with Crippen LogP contribution in [0.5, 0.6) is 5.75 Å². The third-order valence-corrected chi connectivity index (χ3v) is 4.60. The Bertz CT molecular complexity index is 555. The first-order valence-corrected chi connectivity index (χ1v) is 7.38. The normalized spacial score (nSPS) is 12.6. The summed E-state index contributed by atoms with van der Waals surface area (Å²) in [6.45, 7) is 9.27. The molecule has 1 heterocycles. The number of phenolic OH excluding ortho intramolecular Hbond substituents is 1. The van der Waals surface area contributed by atoms with E-state index >= 15 is 0 Å². The summed E-state index contributed by atoms with van der Waals surface area (Å²) in [7, 11) is 0. The van der Waals surface area contributed by atoms with E-state index in [2.05, 4.69) is 32.2 Å². The van der Waals surface area contributed by atoms with Gasteiger partial charge in [0.2, 0.25) is 0 Å². The fraction of sp³-hybridized carbons (Fsp3) is 0.375. The summed E-state index contributed by atoms with van der Waals surface area (Å²) in [5.41, 5.74) is 3.49. The van der Waals surface area contributed by atoms with Gasteiger partial charge >= 0.3 is 0 Å². The Kier molecular flexibility index (Phi) is 4.27. The van der Waals surface area contributed by atoms with Gasteiger partial charge < -0.3 is 10.4 Å². The lowest BCUT2D eigenvalue weighted by Crippen LogP contribution is -2.17. The maximum atomic E-state index is 9.91. The molecule has 0 fully saturated rings. The lowest BCUT2D eigenvalue weighted by atomic mass is 10.0. The van der Waals surface area contributed by atoms with E-state index in [1.54, 1.807) is 6.07 Å². The Labute approximate surface area is 119 Å². The number of benzene rings is 1. The molecule has 0 saturated heterocycles. The highest BCUT2D eigenvalue weighted by atomic mass is 32.1. The van der Waals surface area contributed by atoms with E-state index in [0.29, 0.717) is 5.75 Å². The maximum absolute atomic E-state index is 9.91. The molecular formula is C16H21NOS. The lowest BCUT2D eigenvalue weighted by molar-refractivity contribution is 0.452. The SMILES string of the molecule is Cc1ccc(O)c(C(C)NCc2cc(C)c(C)s2)c1. The van der Waals surface area contributed by atoms with Gasteiger partial charge in [0.15, 0.2) is 0 Å². The van der Waals surface area contributed by atoms with Gasteiger partial charge in [0.25, 0.3) is 0 Å². The second-order valence-corrected chi connectivity index (χ2v) is 6.46. The molecule has 1 unspecified atom stereocenters. The Hall–Kier alpha value is -1.32. The van der Waals surface area contributed by atoms with Gasteiger partial charge in [0.05, 0.1) is 0 Å². The molecule has 1 aromatic heterocycles. The van der Waals surface area contributed by atoms with Crippen LogP contribution in [0.15, 0.2) is 24.3 Å². The topological polar surface area (TPSA) is 32.3 Å². The molecule has 19 heavy (non-hydrogen) atoms. The second kappa shape index (κ2) is 5.76. The van der Waals surface area contributed by atoms with Crippen molar-refractivity contribution >= 4 is 11.3 Å². The first-order valence-electron chi connectivity index (χ1n) is 6.56. The van der Waals surface area contributed by atoms with Crippen molar-refractivity contribution in [3.8, 4) is 5.75 Å². The summed E-state index contributed by atoms with van der Waals surface area (Å²) in [6, 6.07) is 8.11. The molecule has 0 saturated carbocycles. The Balaban J connectivity index is 2.04. The first kappa shape index (κ1) is 14.1. The van der Waals surface area contributed by atoms with E-state index in [9.17, 15) is 5.11 Å². The van der Waals surface area contributed by atoms with Crippen LogP contribution in [-0.4, -0.2) is 5.11 Å². The van der Waals surface area contributed by atoms with Crippen molar-refractivity contribution in [3.05, 3.63) is 50.7 Å². The Morgan fingerprint density at radius 3 is 2.58 bits per heavy atom. The highest BCUT2D eigenvalue weighted by Gasteiger charge is 2.11. The fourth-order valence-electron chi connectivity index (χ4n) is 2.12. The van der Waals surface area contributed by atoms with Gasteiger partial charge in [-0.05, 0) is 45.4 Å². The van der Waals surface area contributed by atoms with E-state index in [0.717, 1.165) is 12.1 Å². The van der Waals surface area contributed by atoms with Crippen molar-refractivity contribution in [1.29, 1.82) is 0 Å². The Morgan fingerprint density at radius 2 is 1.95 bits per heavy atom. The summed E-state index contributed by atoms with van der Waals surface area (Å²) in [6.07, 6.45) is 0. The van der Waals surface area contributed by atoms with Crippen LogP contribution in [-0.2, 0) is 6.54 Å². The molecule has 1 atom stereocenters. The van der Waals surface area contributed by atoms with Crippen molar-refractivity contribution in [2.24, 2.45) is 0 Å². The minimum atomic E-state index is 0.141. The van der Waals surface area contributed by atoms with Crippen LogP contribution >= 0.6 is 11.3 Å². The third-order valence-electron chi connectivity index (χ3n) is 3.45. The van der Waals surface area contributed by atoms with Crippen LogP contribution in [0.3, 0.4) is 0 Å². The zero-order valence-corrected chi connectivity index (χ0v) is 12.8. The third kappa shape index (κ3) is 3.37. The van der Waals surface area contributed by atoms with Crippen LogP contribution < -0.4 is 5.32 Å². The first-order chi connectivity index (χ1) is 8.97. The van der Waals surface area contributed by atoms with Crippen LogP contribution in [0.4, 0.5) is 0 Å². The zero-order valence-electron chi connectivity index (χ0n) is 11.9. The molecule has 3 heteroatoms.